The molecule has 0 bridgehead atoms. The summed E-state index contributed by atoms with van der Waals surface area (Å²) >= 11 is 0. The minimum absolute atomic E-state index is 0.0724. The van der Waals surface area contributed by atoms with Gasteiger partial charge < -0.3 is 15.0 Å². The van der Waals surface area contributed by atoms with Crippen LogP contribution in [0.25, 0.3) is 5.95 Å². The van der Waals surface area contributed by atoms with E-state index in [1.807, 2.05) is 17.9 Å². The van der Waals surface area contributed by atoms with Crippen LogP contribution >= 0.6 is 0 Å². The highest BCUT2D eigenvalue weighted by molar-refractivity contribution is 5.41. The molecule has 3 heterocycles. The fourth-order valence-corrected chi connectivity index (χ4v) is 3.32. The first-order valence-electron chi connectivity index (χ1n) is 9.24. The van der Waals surface area contributed by atoms with E-state index < -0.39 is 5.92 Å². The van der Waals surface area contributed by atoms with Crippen molar-refractivity contribution < 1.29 is 13.5 Å². The van der Waals surface area contributed by atoms with E-state index in [4.69, 9.17) is 4.74 Å². The van der Waals surface area contributed by atoms with Gasteiger partial charge in [0.25, 0.3) is 5.95 Å². The molecule has 1 aliphatic heterocycles. The van der Waals surface area contributed by atoms with Crippen molar-refractivity contribution in [1.82, 2.24) is 24.7 Å². The number of anilines is 2. The van der Waals surface area contributed by atoms with E-state index in [2.05, 4.69) is 25.4 Å². The molecule has 0 spiro atoms. The van der Waals surface area contributed by atoms with Gasteiger partial charge in [-0.05, 0) is 25.8 Å². The number of rotatable bonds is 4. The maximum absolute atomic E-state index is 13.4. The molecule has 1 N–H and O–H groups in total. The van der Waals surface area contributed by atoms with Gasteiger partial charge in [0.05, 0.1) is 18.9 Å². The van der Waals surface area contributed by atoms with Gasteiger partial charge in [0.1, 0.15) is 0 Å². The van der Waals surface area contributed by atoms with Gasteiger partial charge in [-0.3, -0.25) is 0 Å². The normalized spacial score (nSPS) is 20.6. The summed E-state index contributed by atoms with van der Waals surface area (Å²) in [6, 6.07) is 1.80. The zero-order valence-corrected chi connectivity index (χ0v) is 15.2. The average Bonchev–Trinajstić information content (AvgIpc) is 3.10. The summed E-state index contributed by atoms with van der Waals surface area (Å²) in [6.45, 7) is 4.50. The van der Waals surface area contributed by atoms with E-state index >= 15 is 0 Å². The fourth-order valence-electron chi connectivity index (χ4n) is 3.32. The van der Waals surface area contributed by atoms with Gasteiger partial charge in [-0.15, -0.1) is 0 Å². The molecule has 146 valence electrons. The molecule has 2 aromatic rings. The molecule has 2 aromatic heterocycles. The molecule has 0 unspecified atom stereocenters. The molecule has 2 aliphatic rings. The standard InChI is InChI=1S/C17H23F2N7O/c1-12-4-7-26(24-12)16-22-14(20-13-2-5-17(18,19)6-3-13)21-15(23-16)25-8-10-27-11-9-25/h4,7,13H,2-3,5-6,8-11H2,1H3,(H,20,21,22,23). The van der Waals surface area contributed by atoms with Crippen LogP contribution in [-0.4, -0.2) is 63.0 Å². The lowest BCUT2D eigenvalue weighted by Gasteiger charge is -2.30. The Labute approximate surface area is 156 Å². The second-order valence-electron chi connectivity index (χ2n) is 7.03. The predicted octanol–water partition coefficient (Wildman–Crippen LogP) is 2.19. The van der Waals surface area contributed by atoms with Crippen LogP contribution in [0.4, 0.5) is 20.7 Å². The van der Waals surface area contributed by atoms with E-state index in [9.17, 15) is 8.78 Å². The van der Waals surface area contributed by atoms with Crippen molar-refractivity contribution in [2.45, 2.75) is 44.6 Å². The number of hydrogen-bond acceptors (Lipinski definition) is 7. The molecule has 0 radical (unpaired) electrons. The van der Waals surface area contributed by atoms with E-state index in [1.165, 1.54) is 0 Å². The lowest BCUT2D eigenvalue weighted by Crippen LogP contribution is -2.38. The monoisotopic (exact) mass is 379 g/mol. The number of halogens is 2. The van der Waals surface area contributed by atoms with Crippen molar-refractivity contribution in [2.75, 3.05) is 36.5 Å². The van der Waals surface area contributed by atoms with Crippen molar-refractivity contribution >= 4 is 11.9 Å². The molecule has 10 heteroatoms. The molecule has 8 nitrogen and oxygen atoms in total. The molecule has 0 aromatic carbocycles. The Bertz CT molecular complexity index is 781. The first-order chi connectivity index (χ1) is 13.0. The maximum Gasteiger partial charge on any atom is 0.257 e. The highest BCUT2D eigenvalue weighted by atomic mass is 19.3. The van der Waals surface area contributed by atoms with Crippen LogP contribution in [0.5, 0.6) is 0 Å². The third kappa shape index (κ3) is 4.32. The molecular weight excluding hydrogens is 356 g/mol. The average molecular weight is 379 g/mol. The SMILES string of the molecule is Cc1ccn(-c2nc(NC3CCC(F)(F)CC3)nc(N3CCOCC3)n2)n1. The summed E-state index contributed by atoms with van der Waals surface area (Å²) in [7, 11) is 0. The van der Waals surface area contributed by atoms with Gasteiger partial charge in [0.2, 0.25) is 17.8 Å². The third-order valence-electron chi connectivity index (χ3n) is 4.88. The zero-order chi connectivity index (χ0) is 18.9. The second kappa shape index (κ2) is 7.34. The lowest BCUT2D eigenvalue weighted by molar-refractivity contribution is -0.0361. The fraction of sp³-hybridized carbons (Fsp3) is 0.647. The second-order valence-corrected chi connectivity index (χ2v) is 7.03. The number of aryl methyl sites for hydroxylation is 1. The molecule has 1 saturated heterocycles. The van der Waals surface area contributed by atoms with E-state index in [0.29, 0.717) is 57.0 Å². The van der Waals surface area contributed by atoms with Gasteiger partial charge in [0, 0.05) is 38.2 Å². The molecule has 0 atom stereocenters. The summed E-state index contributed by atoms with van der Waals surface area (Å²) in [5.41, 5.74) is 0.854. The highest BCUT2D eigenvalue weighted by Gasteiger charge is 2.35. The van der Waals surface area contributed by atoms with Crippen LogP contribution < -0.4 is 10.2 Å². The van der Waals surface area contributed by atoms with Crippen LogP contribution in [0.3, 0.4) is 0 Å². The Hall–Kier alpha value is -2.36. The summed E-state index contributed by atoms with van der Waals surface area (Å²) in [5, 5.41) is 7.59. The van der Waals surface area contributed by atoms with E-state index in [0.717, 1.165) is 5.69 Å². The summed E-state index contributed by atoms with van der Waals surface area (Å²) < 4.78 is 33.8. The van der Waals surface area contributed by atoms with Crippen molar-refractivity contribution in [3.63, 3.8) is 0 Å². The third-order valence-corrected chi connectivity index (χ3v) is 4.88. The number of alkyl halides is 2. The number of nitrogens with one attached hydrogen (secondary N) is 1. The Morgan fingerprint density at radius 2 is 1.81 bits per heavy atom. The number of aromatic nitrogens is 5. The van der Waals surface area contributed by atoms with Crippen LogP contribution in [0.2, 0.25) is 0 Å². The molecular formula is C17H23F2N7O. The summed E-state index contributed by atoms with van der Waals surface area (Å²) in [5.74, 6) is -1.22. The van der Waals surface area contributed by atoms with Crippen LogP contribution in [0.15, 0.2) is 12.3 Å². The molecule has 0 amide bonds. The van der Waals surface area contributed by atoms with Crippen molar-refractivity contribution in [3.8, 4) is 5.95 Å². The number of hydrogen-bond donors (Lipinski definition) is 1. The summed E-state index contributed by atoms with van der Waals surface area (Å²) in [6.07, 6.45) is 2.34. The minimum Gasteiger partial charge on any atom is -0.378 e. The van der Waals surface area contributed by atoms with E-state index in [-0.39, 0.29) is 18.9 Å². The predicted molar refractivity (Wildman–Crippen MR) is 95.5 cm³/mol. The molecule has 27 heavy (non-hydrogen) atoms. The number of ether oxygens (including phenoxy) is 1. The Morgan fingerprint density at radius 1 is 1.11 bits per heavy atom. The van der Waals surface area contributed by atoms with Crippen LogP contribution in [-0.2, 0) is 4.74 Å². The van der Waals surface area contributed by atoms with Gasteiger partial charge in [-0.1, -0.05) is 0 Å². The summed E-state index contributed by atoms with van der Waals surface area (Å²) in [4.78, 5) is 15.6. The van der Waals surface area contributed by atoms with Crippen LogP contribution in [0.1, 0.15) is 31.4 Å². The first kappa shape index (κ1) is 18.0. The maximum atomic E-state index is 13.4. The Balaban J connectivity index is 1.59. The Kier molecular flexibility index (Phi) is 4.90. The largest absolute Gasteiger partial charge is 0.378 e. The van der Waals surface area contributed by atoms with Crippen molar-refractivity contribution in [1.29, 1.82) is 0 Å². The Morgan fingerprint density at radius 3 is 2.48 bits per heavy atom. The van der Waals surface area contributed by atoms with Crippen molar-refractivity contribution in [2.24, 2.45) is 0 Å². The molecule has 1 aliphatic carbocycles. The minimum atomic E-state index is -2.56. The molecule has 4 rings (SSSR count). The number of nitrogens with zero attached hydrogens (tertiary/aromatic N) is 6. The smallest absolute Gasteiger partial charge is 0.257 e. The van der Waals surface area contributed by atoms with Gasteiger partial charge in [-0.25, -0.2) is 13.5 Å². The molecule has 1 saturated carbocycles. The van der Waals surface area contributed by atoms with Crippen molar-refractivity contribution in [3.05, 3.63) is 18.0 Å². The van der Waals surface area contributed by atoms with Gasteiger partial charge >= 0.3 is 0 Å². The van der Waals surface area contributed by atoms with Gasteiger partial charge in [-0.2, -0.15) is 20.1 Å². The first-order valence-corrected chi connectivity index (χ1v) is 9.24. The molecule has 2 fully saturated rings. The lowest BCUT2D eigenvalue weighted by atomic mass is 9.92. The zero-order valence-electron chi connectivity index (χ0n) is 15.2. The van der Waals surface area contributed by atoms with Gasteiger partial charge in [0.15, 0.2) is 0 Å². The quantitative estimate of drug-likeness (QED) is 0.872. The number of morpholine rings is 1. The van der Waals surface area contributed by atoms with E-state index in [1.54, 1.807) is 10.9 Å². The topological polar surface area (TPSA) is 81.0 Å². The highest BCUT2D eigenvalue weighted by Crippen LogP contribution is 2.34. The van der Waals surface area contributed by atoms with Crippen LogP contribution in [0, 0.1) is 6.92 Å².